The van der Waals surface area contributed by atoms with E-state index < -0.39 is 0 Å². The van der Waals surface area contributed by atoms with E-state index in [1.807, 2.05) is 0 Å². The molecule has 292 valence electrons. The lowest BCUT2D eigenvalue weighted by Gasteiger charge is -2.28. The van der Waals surface area contributed by atoms with Crippen molar-refractivity contribution in [3.63, 3.8) is 0 Å². The number of anilines is 3. The Morgan fingerprint density at radius 2 is 1.06 bits per heavy atom. The van der Waals surface area contributed by atoms with Crippen LogP contribution in [0.2, 0.25) is 0 Å². The third kappa shape index (κ3) is 5.00. The van der Waals surface area contributed by atoms with Crippen LogP contribution in [0, 0.1) is 0 Å². The molecule has 0 spiro atoms. The van der Waals surface area contributed by atoms with E-state index in [1.54, 1.807) is 0 Å². The molecule has 0 saturated carbocycles. The van der Waals surface area contributed by atoms with Crippen molar-refractivity contribution >= 4 is 82.4 Å². The third-order valence-corrected chi connectivity index (χ3v) is 13.6. The van der Waals surface area contributed by atoms with Gasteiger partial charge in [0.25, 0.3) is 0 Å². The van der Waals surface area contributed by atoms with Crippen LogP contribution < -0.4 is 4.90 Å². The average Bonchev–Trinajstić information content (AvgIpc) is 3.95. The van der Waals surface area contributed by atoms with Gasteiger partial charge in [0.15, 0.2) is 0 Å². The van der Waals surface area contributed by atoms with E-state index in [0.717, 1.165) is 55.7 Å². The van der Waals surface area contributed by atoms with Crippen LogP contribution in [0.25, 0.3) is 93.2 Å². The maximum atomic E-state index is 6.91. The predicted molar refractivity (Wildman–Crippen MR) is 261 cm³/mol. The lowest BCUT2D eigenvalue weighted by Crippen LogP contribution is -2.16. The minimum Gasteiger partial charge on any atom is -0.455 e. The molecule has 3 nitrogen and oxygen atoms in total. The first kappa shape index (κ1) is 34.9. The Morgan fingerprint density at radius 3 is 1.90 bits per heavy atom. The Kier molecular flexibility index (Phi) is 7.36. The first-order chi connectivity index (χ1) is 30.5. The summed E-state index contributed by atoms with van der Waals surface area (Å²) in [7, 11) is 0. The van der Waals surface area contributed by atoms with Crippen LogP contribution in [-0.4, -0.2) is 4.57 Å². The first-order valence-corrected chi connectivity index (χ1v) is 21.5. The monoisotopic (exact) mass is 792 g/mol. The Morgan fingerprint density at radius 1 is 0.419 bits per heavy atom. The van der Waals surface area contributed by atoms with Crippen molar-refractivity contribution in [3.05, 3.63) is 217 Å². The van der Waals surface area contributed by atoms with Gasteiger partial charge in [-0.15, -0.1) is 0 Å². The van der Waals surface area contributed by atoms with Gasteiger partial charge in [0.1, 0.15) is 11.2 Å². The highest BCUT2D eigenvalue weighted by Crippen LogP contribution is 2.51. The van der Waals surface area contributed by atoms with Crippen molar-refractivity contribution < 1.29 is 4.42 Å². The summed E-state index contributed by atoms with van der Waals surface area (Å²) in [6, 6.07) is 75.3. The molecule has 2 aromatic heterocycles. The van der Waals surface area contributed by atoms with Crippen LogP contribution in [0.5, 0.6) is 0 Å². The summed E-state index contributed by atoms with van der Waals surface area (Å²) in [5, 5.41) is 9.56. The van der Waals surface area contributed by atoms with Gasteiger partial charge in [0, 0.05) is 49.7 Å². The number of para-hydroxylation sites is 1. The molecule has 0 bridgehead atoms. The summed E-state index contributed by atoms with van der Waals surface area (Å²) < 4.78 is 9.30. The minimum atomic E-state index is -0.114. The Hall–Kier alpha value is -7.88. The zero-order chi connectivity index (χ0) is 41.1. The molecule has 0 atom stereocenters. The number of aromatic nitrogens is 1. The maximum absolute atomic E-state index is 6.91. The van der Waals surface area contributed by atoms with E-state index in [-0.39, 0.29) is 5.41 Å². The first-order valence-electron chi connectivity index (χ1n) is 21.5. The van der Waals surface area contributed by atoms with Crippen molar-refractivity contribution in [2.75, 3.05) is 4.90 Å². The summed E-state index contributed by atoms with van der Waals surface area (Å²) in [6.45, 7) is 4.70. The van der Waals surface area contributed by atoms with Crippen molar-refractivity contribution in [3.8, 4) is 27.9 Å². The summed E-state index contributed by atoms with van der Waals surface area (Å²) in [4.78, 5) is 2.40. The molecule has 1 aliphatic rings. The number of hydrogen-bond donors (Lipinski definition) is 0. The van der Waals surface area contributed by atoms with Gasteiger partial charge in [-0.1, -0.05) is 147 Å². The van der Waals surface area contributed by atoms with E-state index in [1.165, 1.54) is 65.7 Å². The number of hydrogen-bond acceptors (Lipinski definition) is 2. The molecule has 3 heteroatoms. The number of nitrogens with zero attached hydrogens (tertiary/aromatic N) is 2. The van der Waals surface area contributed by atoms with Gasteiger partial charge in [-0.05, 0) is 122 Å². The third-order valence-electron chi connectivity index (χ3n) is 13.6. The lowest BCUT2D eigenvalue weighted by atomic mass is 9.82. The fourth-order valence-electron chi connectivity index (χ4n) is 10.6. The molecule has 0 N–H and O–H groups in total. The quantitative estimate of drug-likeness (QED) is 0.162. The molecule has 0 saturated heterocycles. The van der Waals surface area contributed by atoms with E-state index in [0.29, 0.717) is 0 Å². The predicted octanol–water partition coefficient (Wildman–Crippen LogP) is 16.4. The fraction of sp³-hybridized carbons (Fsp3) is 0.0508. The number of benzene rings is 10. The molecule has 2 heterocycles. The van der Waals surface area contributed by atoms with Crippen LogP contribution in [-0.2, 0) is 5.41 Å². The number of rotatable bonds is 5. The van der Waals surface area contributed by atoms with Crippen LogP contribution in [0.4, 0.5) is 17.1 Å². The Bertz CT molecular complexity index is 3760. The second-order valence-corrected chi connectivity index (χ2v) is 17.3. The zero-order valence-corrected chi connectivity index (χ0v) is 34.4. The van der Waals surface area contributed by atoms with Gasteiger partial charge in [-0.2, -0.15) is 0 Å². The van der Waals surface area contributed by atoms with E-state index in [9.17, 15) is 0 Å². The molecule has 10 aromatic carbocycles. The lowest BCUT2D eigenvalue weighted by molar-refractivity contribution is 0.660. The molecule has 12 aromatic rings. The second-order valence-electron chi connectivity index (χ2n) is 17.3. The van der Waals surface area contributed by atoms with E-state index in [4.69, 9.17) is 4.42 Å². The minimum absolute atomic E-state index is 0.114. The summed E-state index contributed by atoms with van der Waals surface area (Å²) in [6.07, 6.45) is 0. The average molecular weight is 793 g/mol. The Labute approximate surface area is 359 Å². The van der Waals surface area contributed by atoms with Crippen molar-refractivity contribution in [1.82, 2.24) is 4.57 Å². The summed E-state index contributed by atoms with van der Waals surface area (Å²) in [5.74, 6) is 0. The van der Waals surface area contributed by atoms with Gasteiger partial charge in [-0.25, -0.2) is 0 Å². The zero-order valence-electron chi connectivity index (χ0n) is 34.4. The Balaban J connectivity index is 0.973. The van der Waals surface area contributed by atoms with Crippen molar-refractivity contribution in [2.24, 2.45) is 0 Å². The SMILES string of the molecule is CC1(C)c2ccccc2-c2ccc(N(c3ccc(-c4ccccc4)cc3)c3ccc(-n4c5ccccc5c5c6oc7ccc8ccc9ccccc9c8c7c6ccc54)cc3)cc21. The largest absolute Gasteiger partial charge is 0.455 e. The van der Waals surface area contributed by atoms with E-state index in [2.05, 4.69) is 230 Å². The molecule has 0 aliphatic heterocycles. The van der Waals surface area contributed by atoms with Crippen LogP contribution >= 0.6 is 0 Å². The highest BCUT2D eigenvalue weighted by molar-refractivity contribution is 6.31. The highest BCUT2D eigenvalue weighted by Gasteiger charge is 2.35. The van der Waals surface area contributed by atoms with Crippen LogP contribution in [0.1, 0.15) is 25.0 Å². The van der Waals surface area contributed by atoms with Crippen LogP contribution in [0.15, 0.2) is 211 Å². The molecule has 0 amide bonds. The molecule has 13 rings (SSSR count). The molecule has 0 fully saturated rings. The summed E-state index contributed by atoms with van der Waals surface area (Å²) >= 11 is 0. The smallest absolute Gasteiger partial charge is 0.145 e. The number of furan rings is 1. The molecular weight excluding hydrogens is 753 g/mol. The fourth-order valence-corrected chi connectivity index (χ4v) is 10.6. The summed E-state index contributed by atoms with van der Waals surface area (Å²) in [5.41, 5.74) is 16.2. The van der Waals surface area contributed by atoms with Gasteiger partial charge in [-0.3, -0.25) is 0 Å². The van der Waals surface area contributed by atoms with Crippen LogP contribution in [0.3, 0.4) is 0 Å². The standard InChI is InChI=1S/C59H40N2O/c1-59(2)50-18-10-8-16-46(50)47-32-31-44(36-51(47)59)60(41-25-22-38(23-26-41)37-12-4-3-5-13-37)42-27-29-43(30-28-42)61-52-19-11-9-17-48(52)56-53(61)34-33-49-57-54(62-58(49)56)35-24-40-21-20-39-14-6-7-15-45(39)55(40)57/h3-36H,1-2H3. The van der Waals surface area contributed by atoms with Crippen molar-refractivity contribution in [2.45, 2.75) is 19.3 Å². The normalized spacial score (nSPS) is 13.1. The van der Waals surface area contributed by atoms with Gasteiger partial charge in [0.2, 0.25) is 0 Å². The van der Waals surface area contributed by atoms with Gasteiger partial charge >= 0.3 is 0 Å². The molecule has 1 aliphatic carbocycles. The number of fused-ring (bicyclic) bond motifs is 14. The van der Waals surface area contributed by atoms with Crippen molar-refractivity contribution in [1.29, 1.82) is 0 Å². The molecule has 62 heavy (non-hydrogen) atoms. The van der Waals surface area contributed by atoms with E-state index >= 15 is 0 Å². The second kappa shape index (κ2) is 13.1. The molecule has 0 unspecified atom stereocenters. The van der Waals surface area contributed by atoms with Gasteiger partial charge < -0.3 is 13.9 Å². The highest BCUT2D eigenvalue weighted by atomic mass is 16.3. The topological polar surface area (TPSA) is 21.3 Å². The maximum Gasteiger partial charge on any atom is 0.145 e. The molecule has 0 radical (unpaired) electrons. The molecular formula is C59H40N2O. The van der Waals surface area contributed by atoms with Gasteiger partial charge in [0.05, 0.1) is 16.4 Å².